The van der Waals surface area contributed by atoms with Crippen LogP contribution in [0.4, 0.5) is 16.2 Å². The number of imide groups is 1. The molecule has 8 heteroatoms. The zero-order valence-electron chi connectivity index (χ0n) is 20.3. The molecule has 0 spiro atoms. The number of nitrogens with zero attached hydrogens (tertiary/aromatic N) is 2. The number of hydrogen-bond acceptors (Lipinski definition) is 5. The lowest BCUT2D eigenvalue weighted by molar-refractivity contribution is -0.124. The van der Waals surface area contributed by atoms with E-state index in [4.69, 9.17) is 9.47 Å². The molecule has 8 nitrogen and oxygen atoms in total. The van der Waals surface area contributed by atoms with Crippen molar-refractivity contribution >= 4 is 29.2 Å². The Hall–Kier alpha value is -4.33. The number of ether oxygens (including phenoxy) is 2. The molecular weight excluding hydrogens is 458 g/mol. The molecule has 1 fully saturated rings. The first kappa shape index (κ1) is 24.8. The number of urea groups is 1. The minimum atomic E-state index is -0.938. The van der Waals surface area contributed by atoms with Crippen LogP contribution in [0.15, 0.2) is 78.9 Å². The third-order valence-electron chi connectivity index (χ3n) is 5.83. The fraction of sp³-hybridized carbons (Fsp3) is 0.250. The summed E-state index contributed by atoms with van der Waals surface area (Å²) in [6.07, 6.45) is 0.734. The number of amides is 4. The molecule has 186 valence electrons. The molecule has 0 radical (unpaired) electrons. The van der Waals surface area contributed by atoms with Gasteiger partial charge >= 0.3 is 6.03 Å². The summed E-state index contributed by atoms with van der Waals surface area (Å²) in [5.74, 6) is 0.613. The van der Waals surface area contributed by atoms with Crippen LogP contribution < -0.4 is 19.7 Å². The first-order valence-electron chi connectivity index (χ1n) is 11.9. The highest BCUT2D eigenvalue weighted by Gasteiger charge is 2.46. The van der Waals surface area contributed by atoms with E-state index in [0.29, 0.717) is 23.7 Å². The molecule has 3 aromatic rings. The highest BCUT2D eigenvalue weighted by Crippen LogP contribution is 2.29. The molecule has 0 saturated carbocycles. The minimum Gasteiger partial charge on any atom is -0.497 e. The van der Waals surface area contributed by atoms with Gasteiger partial charge in [-0.25, -0.2) is 9.69 Å². The van der Waals surface area contributed by atoms with Gasteiger partial charge in [0.1, 0.15) is 17.5 Å². The lowest BCUT2D eigenvalue weighted by atomic mass is 10.1. The summed E-state index contributed by atoms with van der Waals surface area (Å²) in [5, 5.41) is 2.82. The molecule has 1 N–H and O–H groups in total. The van der Waals surface area contributed by atoms with Crippen molar-refractivity contribution in [2.75, 3.05) is 23.9 Å². The number of nitrogens with one attached hydrogen (secondary N) is 1. The third kappa shape index (κ3) is 5.66. The number of carbonyl (C=O) groups is 3. The van der Waals surface area contributed by atoms with Gasteiger partial charge in [-0.15, -0.1) is 0 Å². The van der Waals surface area contributed by atoms with Crippen molar-refractivity contribution in [1.29, 1.82) is 0 Å². The molecule has 1 aliphatic heterocycles. The Morgan fingerprint density at radius 1 is 0.917 bits per heavy atom. The van der Waals surface area contributed by atoms with Gasteiger partial charge in [-0.2, -0.15) is 0 Å². The predicted molar refractivity (Wildman–Crippen MR) is 137 cm³/mol. The van der Waals surface area contributed by atoms with Crippen molar-refractivity contribution in [3.8, 4) is 11.5 Å². The molecule has 4 rings (SSSR count). The summed E-state index contributed by atoms with van der Waals surface area (Å²) < 4.78 is 10.8. The number of rotatable bonds is 10. The van der Waals surface area contributed by atoms with Gasteiger partial charge in [-0.1, -0.05) is 37.3 Å². The second-order valence-corrected chi connectivity index (χ2v) is 8.41. The van der Waals surface area contributed by atoms with Crippen LogP contribution in [0.2, 0.25) is 0 Å². The molecule has 1 aliphatic rings. The lowest BCUT2D eigenvalue weighted by Crippen LogP contribution is -2.37. The molecule has 1 atom stereocenters. The van der Waals surface area contributed by atoms with Crippen molar-refractivity contribution in [1.82, 2.24) is 4.90 Å². The maximum absolute atomic E-state index is 13.4. The van der Waals surface area contributed by atoms with Crippen LogP contribution in [0.3, 0.4) is 0 Å². The van der Waals surface area contributed by atoms with Crippen LogP contribution in [0.25, 0.3) is 0 Å². The maximum Gasteiger partial charge on any atom is 0.332 e. The van der Waals surface area contributed by atoms with Crippen molar-refractivity contribution < 1.29 is 23.9 Å². The second-order valence-electron chi connectivity index (χ2n) is 8.41. The van der Waals surface area contributed by atoms with Gasteiger partial charge in [0.25, 0.3) is 5.91 Å². The summed E-state index contributed by atoms with van der Waals surface area (Å²) in [6, 6.07) is 21.6. The number of anilines is 2. The van der Waals surface area contributed by atoms with Crippen LogP contribution in [-0.2, 0) is 16.1 Å². The van der Waals surface area contributed by atoms with E-state index in [0.717, 1.165) is 22.6 Å². The van der Waals surface area contributed by atoms with Gasteiger partial charge in [-0.3, -0.25) is 9.59 Å². The first-order chi connectivity index (χ1) is 17.5. The van der Waals surface area contributed by atoms with E-state index in [1.807, 2.05) is 25.1 Å². The largest absolute Gasteiger partial charge is 0.497 e. The maximum atomic E-state index is 13.4. The smallest absolute Gasteiger partial charge is 0.332 e. The van der Waals surface area contributed by atoms with Crippen molar-refractivity contribution in [2.24, 2.45) is 0 Å². The van der Waals surface area contributed by atoms with Crippen molar-refractivity contribution in [3.05, 3.63) is 84.4 Å². The molecule has 4 amide bonds. The average Bonchev–Trinajstić information content (AvgIpc) is 3.13. The van der Waals surface area contributed by atoms with Gasteiger partial charge in [0.15, 0.2) is 0 Å². The van der Waals surface area contributed by atoms with E-state index in [-0.39, 0.29) is 18.9 Å². The molecule has 1 saturated heterocycles. The van der Waals surface area contributed by atoms with E-state index in [2.05, 4.69) is 5.32 Å². The summed E-state index contributed by atoms with van der Waals surface area (Å²) in [6.45, 7) is 2.82. The Labute approximate surface area is 210 Å². The molecule has 1 heterocycles. The number of methoxy groups -OCH3 is 1. The molecule has 36 heavy (non-hydrogen) atoms. The van der Waals surface area contributed by atoms with E-state index >= 15 is 0 Å². The Balaban J connectivity index is 1.52. The fourth-order valence-corrected chi connectivity index (χ4v) is 4.00. The molecule has 0 aromatic heterocycles. The van der Waals surface area contributed by atoms with Crippen molar-refractivity contribution in [2.45, 2.75) is 32.4 Å². The molecular formula is C28H29N3O5. The standard InChI is InChI=1S/C28H29N3O5/c1-3-17-36-24-15-11-21(12-16-24)29-26(32)18-25-27(33)31(22-7-5-4-6-8-22)28(34)30(25)19-20-9-13-23(35-2)14-10-20/h4-16,25H,3,17-19H2,1-2H3,(H,29,32)/t25-/m0/s1. The van der Waals surface area contributed by atoms with E-state index in [1.165, 1.54) is 4.90 Å². The summed E-state index contributed by atoms with van der Waals surface area (Å²) in [5.41, 5.74) is 1.87. The number of hydrogen-bond donors (Lipinski definition) is 1. The predicted octanol–water partition coefficient (Wildman–Crippen LogP) is 4.85. The van der Waals surface area contributed by atoms with Gasteiger partial charge < -0.3 is 19.7 Å². The summed E-state index contributed by atoms with van der Waals surface area (Å²) >= 11 is 0. The zero-order chi connectivity index (χ0) is 25.5. The summed E-state index contributed by atoms with van der Waals surface area (Å²) in [7, 11) is 1.58. The van der Waals surface area contributed by atoms with Gasteiger partial charge in [0.05, 0.1) is 25.8 Å². The van der Waals surface area contributed by atoms with Crippen LogP contribution in [0.1, 0.15) is 25.3 Å². The van der Waals surface area contributed by atoms with Crippen LogP contribution in [-0.4, -0.2) is 42.5 Å². The highest BCUT2D eigenvalue weighted by molar-refractivity contribution is 6.22. The monoisotopic (exact) mass is 487 g/mol. The number of carbonyl (C=O) groups excluding carboxylic acids is 3. The summed E-state index contributed by atoms with van der Waals surface area (Å²) in [4.78, 5) is 42.3. The Morgan fingerprint density at radius 2 is 1.58 bits per heavy atom. The quantitative estimate of drug-likeness (QED) is 0.413. The average molecular weight is 488 g/mol. The minimum absolute atomic E-state index is 0.169. The second kappa shape index (κ2) is 11.4. The number of benzene rings is 3. The Bertz CT molecular complexity index is 1200. The van der Waals surface area contributed by atoms with Gasteiger partial charge in [0.2, 0.25) is 5.91 Å². The molecule has 0 aliphatic carbocycles. The fourth-order valence-electron chi connectivity index (χ4n) is 4.00. The van der Waals surface area contributed by atoms with Crippen LogP contribution in [0.5, 0.6) is 11.5 Å². The van der Waals surface area contributed by atoms with Gasteiger partial charge in [0, 0.05) is 12.2 Å². The SMILES string of the molecule is CCCOc1ccc(NC(=O)C[C@H]2C(=O)N(c3ccccc3)C(=O)N2Cc2ccc(OC)cc2)cc1. The molecule has 3 aromatic carbocycles. The topological polar surface area (TPSA) is 88.2 Å². The van der Waals surface area contributed by atoms with Crippen molar-refractivity contribution in [3.63, 3.8) is 0 Å². The number of para-hydroxylation sites is 1. The normalized spacial score (nSPS) is 15.2. The van der Waals surface area contributed by atoms with Crippen LogP contribution in [0, 0.1) is 0 Å². The molecule has 0 bridgehead atoms. The van der Waals surface area contributed by atoms with E-state index in [1.54, 1.807) is 67.8 Å². The van der Waals surface area contributed by atoms with E-state index < -0.39 is 18.0 Å². The lowest BCUT2D eigenvalue weighted by Gasteiger charge is -2.22. The Kier molecular flexibility index (Phi) is 7.85. The highest BCUT2D eigenvalue weighted by atomic mass is 16.5. The van der Waals surface area contributed by atoms with E-state index in [9.17, 15) is 14.4 Å². The zero-order valence-corrected chi connectivity index (χ0v) is 20.3. The molecule has 0 unspecified atom stereocenters. The van der Waals surface area contributed by atoms with Gasteiger partial charge in [-0.05, 0) is 60.5 Å². The third-order valence-corrected chi connectivity index (χ3v) is 5.83. The van der Waals surface area contributed by atoms with Crippen LogP contribution >= 0.6 is 0 Å². The first-order valence-corrected chi connectivity index (χ1v) is 11.9. The Morgan fingerprint density at radius 3 is 2.22 bits per heavy atom.